The maximum absolute atomic E-state index is 13.2. The molecular formula is C29H32N2O4. The highest BCUT2D eigenvalue weighted by Crippen LogP contribution is 2.31. The van der Waals surface area contributed by atoms with Gasteiger partial charge in [0.1, 0.15) is 11.4 Å². The summed E-state index contributed by atoms with van der Waals surface area (Å²) in [7, 11) is 0. The third-order valence-corrected chi connectivity index (χ3v) is 6.07. The van der Waals surface area contributed by atoms with Crippen LogP contribution < -0.4 is 10.6 Å². The second-order valence-corrected chi connectivity index (χ2v) is 9.88. The summed E-state index contributed by atoms with van der Waals surface area (Å²) in [4.78, 5) is 26.1. The molecule has 1 fully saturated rings. The lowest BCUT2D eigenvalue weighted by atomic mass is 9.89. The highest BCUT2D eigenvalue weighted by molar-refractivity contribution is 6.09. The molecule has 1 amide bonds. The standard InChI is InChI=1S/C29H32N2O4/c1-29(2,3)35-28(34)23-11-9-21(19-7-5-4-6-8-19)17-25(23)31-27(33)24-12-10-22(18-26(24)32)20-13-15-30-16-14-20/h4-12,17-18,20,30,32H,13-16H2,1-3H3,(H,31,33). The molecular weight excluding hydrogens is 440 g/mol. The van der Waals surface area contributed by atoms with Crippen molar-refractivity contribution < 1.29 is 19.4 Å². The van der Waals surface area contributed by atoms with E-state index in [1.165, 1.54) is 0 Å². The first-order chi connectivity index (χ1) is 16.7. The summed E-state index contributed by atoms with van der Waals surface area (Å²) in [6, 6.07) is 20.2. The van der Waals surface area contributed by atoms with E-state index in [4.69, 9.17) is 4.74 Å². The fraction of sp³-hybridized carbons (Fsp3) is 0.310. The van der Waals surface area contributed by atoms with Gasteiger partial charge in [-0.1, -0.05) is 42.5 Å². The number of ether oxygens (including phenoxy) is 1. The van der Waals surface area contributed by atoms with Crippen LogP contribution in [-0.4, -0.2) is 35.7 Å². The Morgan fingerprint density at radius 3 is 2.26 bits per heavy atom. The van der Waals surface area contributed by atoms with Crippen LogP contribution in [-0.2, 0) is 4.74 Å². The number of carbonyl (C=O) groups is 2. The van der Waals surface area contributed by atoms with Gasteiger partial charge in [-0.05, 0) is 93.6 Å². The van der Waals surface area contributed by atoms with Crippen LogP contribution in [0.25, 0.3) is 11.1 Å². The zero-order chi connectivity index (χ0) is 25.0. The number of rotatable bonds is 5. The molecule has 35 heavy (non-hydrogen) atoms. The van der Waals surface area contributed by atoms with Gasteiger partial charge < -0.3 is 20.5 Å². The molecule has 0 spiro atoms. The second-order valence-electron chi connectivity index (χ2n) is 9.88. The molecule has 1 aliphatic rings. The van der Waals surface area contributed by atoms with E-state index in [9.17, 15) is 14.7 Å². The third-order valence-electron chi connectivity index (χ3n) is 6.07. The van der Waals surface area contributed by atoms with Gasteiger partial charge in [-0.15, -0.1) is 0 Å². The fourth-order valence-corrected chi connectivity index (χ4v) is 4.31. The number of phenols is 1. The summed E-state index contributed by atoms with van der Waals surface area (Å²) in [5.74, 6) is -0.732. The minimum absolute atomic E-state index is 0.0726. The molecule has 1 heterocycles. The van der Waals surface area contributed by atoms with E-state index < -0.39 is 17.5 Å². The molecule has 3 N–H and O–H groups in total. The highest BCUT2D eigenvalue weighted by atomic mass is 16.6. The van der Waals surface area contributed by atoms with Crippen molar-refractivity contribution in [2.75, 3.05) is 18.4 Å². The normalized spacial score (nSPS) is 14.4. The number of hydrogen-bond donors (Lipinski definition) is 3. The topological polar surface area (TPSA) is 87.7 Å². The van der Waals surface area contributed by atoms with Gasteiger partial charge in [0, 0.05) is 0 Å². The molecule has 0 aliphatic carbocycles. The summed E-state index contributed by atoms with van der Waals surface area (Å²) in [6.45, 7) is 7.27. The fourth-order valence-electron chi connectivity index (χ4n) is 4.31. The molecule has 0 radical (unpaired) electrons. The molecule has 6 heteroatoms. The second kappa shape index (κ2) is 10.3. The number of benzene rings is 3. The van der Waals surface area contributed by atoms with Crippen molar-refractivity contribution in [3.63, 3.8) is 0 Å². The SMILES string of the molecule is CC(C)(C)OC(=O)c1ccc(-c2ccccc2)cc1NC(=O)c1ccc(C2CCNCC2)cc1O. The smallest absolute Gasteiger partial charge is 0.340 e. The molecule has 0 unspecified atom stereocenters. The van der Waals surface area contributed by atoms with Crippen LogP contribution in [0.3, 0.4) is 0 Å². The summed E-state index contributed by atoms with van der Waals surface area (Å²) in [5, 5.41) is 16.8. The number of hydrogen-bond acceptors (Lipinski definition) is 5. The minimum Gasteiger partial charge on any atom is -0.507 e. The molecule has 0 bridgehead atoms. The molecule has 182 valence electrons. The number of phenolic OH excluding ortho intramolecular Hbond substituents is 1. The number of nitrogens with one attached hydrogen (secondary N) is 2. The van der Waals surface area contributed by atoms with E-state index in [1.807, 2.05) is 42.5 Å². The number of anilines is 1. The minimum atomic E-state index is -0.681. The van der Waals surface area contributed by atoms with E-state index in [0.29, 0.717) is 11.6 Å². The molecule has 0 aromatic heterocycles. The maximum Gasteiger partial charge on any atom is 0.340 e. The Kier molecular flexibility index (Phi) is 7.22. The Morgan fingerprint density at radius 1 is 0.914 bits per heavy atom. The molecule has 1 aliphatic heterocycles. The first-order valence-electron chi connectivity index (χ1n) is 12.0. The molecule has 4 rings (SSSR count). The lowest BCUT2D eigenvalue weighted by Crippen LogP contribution is -2.26. The first kappa shape index (κ1) is 24.5. The van der Waals surface area contributed by atoms with Gasteiger partial charge in [0.05, 0.1) is 16.8 Å². The molecule has 3 aromatic carbocycles. The van der Waals surface area contributed by atoms with E-state index >= 15 is 0 Å². The van der Waals surface area contributed by atoms with Crippen LogP contribution in [0.5, 0.6) is 5.75 Å². The van der Waals surface area contributed by atoms with E-state index in [1.54, 1.807) is 45.0 Å². The van der Waals surface area contributed by atoms with E-state index in [2.05, 4.69) is 10.6 Å². The van der Waals surface area contributed by atoms with Crippen molar-refractivity contribution in [2.45, 2.75) is 45.1 Å². The van der Waals surface area contributed by atoms with Gasteiger partial charge in [0.15, 0.2) is 0 Å². The predicted octanol–water partition coefficient (Wildman–Crippen LogP) is 5.73. The van der Waals surface area contributed by atoms with Crippen LogP contribution in [0.4, 0.5) is 5.69 Å². The number of piperidine rings is 1. The zero-order valence-corrected chi connectivity index (χ0v) is 20.4. The lowest BCUT2D eigenvalue weighted by Gasteiger charge is -2.23. The summed E-state index contributed by atoms with van der Waals surface area (Å²) >= 11 is 0. The molecule has 0 atom stereocenters. The average Bonchev–Trinajstić information content (AvgIpc) is 2.84. The van der Waals surface area contributed by atoms with E-state index in [-0.39, 0.29) is 16.9 Å². The largest absolute Gasteiger partial charge is 0.507 e. The van der Waals surface area contributed by atoms with Gasteiger partial charge in [0.25, 0.3) is 5.91 Å². The average molecular weight is 473 g/mol. The van der Waals surface area contributed by atoms with Crippen LogP contribution in [0.2, 0.25) is 0 Å². The van der Waals surface area contributed by atoms with Crippen molar-refractivity contribution in [2.24, 2.45) is 0 Å². The Morgan fingerprint density at radius 2 is 1.60 bits per heavy atom. The van der Waals surface area contributed by atoms with Crippen LogP contribution in [0.1, 0.15) is 65.8 Å². The zero-order valence-electron chi connectivity index (χ0n) is 20.4. The van der Waals surface area contributed by atoms with Crippen LogP contribution in [0.15, 0.2) is 66.7 Å². The maximum atomic E-state index is 13.2. The Hall–Kier alpha value is -3.64. The van der Waals surface area contributed by atoms with Crippen LogP contribution >= 0.6 is 0 Å². The van der Waals surface area contributed by atoms with Crippen molar-refractivity contribution in [3.8, 4) is 16.9 Å². The lowest BCUT2D eigenvalue weighted by molar-refractivity contribution is 0.00708. The Labute approximate surface area is 206 Å². The summed E-state index contributed by atoms with van der Waals surface area (Å²) < 4.78 is 5.56. The number of carbonyl (C=O) groups excluding carboxylic acids is 2. The Balaban J connectivity index is 1.64. The highest BCUT2D eigenvalue weighted by Gasteiger charge is 2.23. The third kappa shape index (κ3) is 6.08. The first-order valence-corrected chi connectivity index (χ1v) is 12.0. The van der Waals surface area contributed by atoms with Crippen molar-refractivity contribution >= 4 is 17.6 Å². The van der Waals surface area contributed by atoms with E-state index in [0.717, 1.165) is 42.6 Å². The molecule has 1 saturated heterocycles. The molecule has 6 nitrogen and oxygen atoms in total. The molecule has 3 aromatic rings. The van der Waals surface area contributed by atoms with Crippen LogP contribution in [0, 0.1) is 0 Å². The van der Waals surface area contributed by atoms with Crippen molar-refractivity contribution in [1.82, 2.24) is 5.32 Å². The monoisotopic (exact) mass is 472 g/mol. The predicted molar refractivity (Wildman–Crippen MR) is 138 cm³/mol. The van der Waals surface area contributed by atoms with Gasteiger partial charge in [-0.2, -0.15) is 0 Å². The van der Waals surface area contributed by atoms with Gasteiger partial charge >= 0.3 is 5.97 Å². The summed E-state index contributed by atoms with van der Waals surface area (Å²) in [5.41, 5.74) is 2.88. The van der Waals surface area contributed by atoms with Gasteiger partial charge in [-0.25, -0.2) is 4.79 Å². The summed E-state index contributed by atoms with van der Waals surface area (Å²) in [6.07, 6.45) is 1.99. The molecule has 0 saturated carbocycles. The quantitative estimate of drug-likeness (QED) is 0.413. The number of esters is 1. The van der Waals surface area contributed by atoms with Crippen molar-refractivity contribution in [1.29, 1.82) is 0 Å². The number of amides is 1. The van der Waals surface area contributed by atoms with Gasteiger partial charge in [-0.3, -0.25) is 4.79 Å². The number of aromatic hydroxyl groups is 1. The van der Waals surface area contributed by atoms with Crippen molar-refractivity contribution in [3.05, 3.63) is 83.4 Å². The van der Waals surface area contributed by atoms with Gasteiger partial charge in [0.2, 0.25) is 0 Å². The Bertz CT molecular complexity index is 1210.